The molecule has 0 aliphatic carbocycles. The van der Waals surface area contributed by atoms with Crippen LogP contribution in [-0.2, 0) is 0 Å². The molecular weight excluding hydrogens is 144 g/mol. The van der Waals surface area contributed by atoms with Gasteiger partial charge in [-0.2, -0.15) is 0 Å². The second-order valence-electron chi connectivity index (χ2n) is 3.49. The van der Waals surface area contributed by atoms with Gasteiger partial charge in [0, 0.05) is 0 Å². The largest absolute Gasteiger partial charge is 0.0654 e. The van der Waals surface area contributed by atoms with Crippen molar-refractivity contribution in [3.63, 3.8) is 0 Å². The van der Waals surface area contributed by atoms with Crippen molar-refractivity contribution in [3.05, 3.63) is 13.3 Å². The van der Waals surface area contributed by atoms with Crippen molar-refractivity contribution in [2.24, 2.45) is 0 Å². The van der Waals surface area contributed by atoms with E-state index in [2.05, 4.69) is 20.3 Å². The van der Waals surface area contributed by atoms with Gasteiger partial charge < -0.3 is 0 Å². The minimum absolute atomic E-state index is 1.11. The van der Waals surface area contributed by atoms with Crippen LogP contribution in [0.3, 0.4) is 0 Å². The Balaban J connectivity index is 2.73. The van der Waals surface area contributed by atoms with Gasteiger partial charge in [-0.1, -0.05) is 71.6 Å². The van der Waals surface area contributed by atoms with Gasteiger partial charge in [-0.15, -0.1) is 0 Å². The third-order valence-electron chi connectivity index (χ3n) is 2.17. The summed E-state index contributed by atoms with van der Waals surface area (Å²) in [5, 5.41) is 0. The molecule has 0 atom stereocenters. The van der Waals surface area contributed by atoms with Crippen LogP contribution in [0.4, 0.5) is 0 Å². The van der Waals surface area contributed by atoms with Gasteiger partial charge in [0.1, 0.15) is 0 Å². The van der Waals surface area contributed by atoms with Gasteiger partial charge in [-0.05, 0) is 6.42 Å². The highest BCUT2D eigenvalue weighted by molar-refractivity contribution is 4.64. The van der Waals surface area contributed by atoms with Gasteiger partial charge >= 0.3 is 0 Å². The normalized spacial score (nSPS) is 10.5. The molecule has 0 N–H and O–H groups in total. The van der Waals surface area contributed by atoms with Crippen LogP contribution >= 0.6 is 0 Å². The van der Waals surface area contributed by atoms with Crippen molar-refractivity contribution >= 4 is 0 Å². The molecule has 0 rings (SSSR count). The summed E-state index contributed by atoms with van der Waals surface area (Å²) in [6.45, 7) is 6.09. The fourth-order valence-electron chi connectivity index (χ4n) is 1.33. The SMILES string of the molecule is [CH2]CCCCC[CH]CCCCC. The molecule has 0 saturated carbocycles. The predicted molar refractivity (Wildman–Crippen MR) is 56.9 cm³/mol. The smallest absolute Gasteiger partial charge is 0.0386 e. The maximum absolute atomic E-state index is 3.83. The van der Waals surface area contributed by atoms with Gasteiger partial charge in [0.05, 0.1) is 0 Å². The van der Waals surface area contributed by atoms with Crippen molar-refractivity contribution in [1.29, 1.82) is 0 Å². The zero-order chi connectivity index (χ0) is 9.07. The molecule has 0 heteroatoms. The van der Waals surface area contributed by atoms with Crippen LogP contribution in [0.2, 0.25) is 0 Å². The van der Waals surface area contributed by atoms with E-state index in [1.54, 1.807) is 0 Å². The molecule has 0 amide bonds. The molecule has 2 radical (unpaired) electrons. The first kappa shape index (κ1) is 12.0. The summed E-state index contributed by atoms with van der Waals surface area (Å²) in [6, 6.07) is 0. The summed E-state index contributed by atoms with van der Waals surface area (Å²) < 4.78 is 0. The monoisotopic (exact) mass is 168 g/mol. The van der Waals surface area contributed by atoms with E-state index >= 15 is 0 Å². The summed E-state index contributed by atoms with van der Waals surface area (Å²) in [5.74, 6) is 0. The lowest BCUT2D eigenvalue weighted by atomic mass is 10.1. The van der Waals surface area contributed by atoms with Gasteiger partial charge in [0.2, 0.25) is 0 Å². The van der Waals surface area contributed by atoms with Crippen molar-refractivity contribution in [2.45, 2.75) is 64.7 Å². The van der Waals surface area contributed by atoms with Gasteiger partial charge in [-0.3, -0.25) is 0 Å². The molecule has 0 aliphatic rings. The highest BCUT2D eigenvalue weighted by Gasteiger charge is 1.90. The molecule has 0 heterocycles. The fourth-order valence-corrected chi connectivity index (χ4v) is 1.33. The molecule has 0 fully saturated rings. The lowest BCUT2D eigenvalue weighted by Crippen LogP contribution is -1.81. The summed E-state index contributed by atoms with van der Waals surface area (Å²) >= 11 is 0. The number of hydrogen-bond donors (Lipinski definition) is 0. The quantitative estimate of drug-likeness (QED) is 0.443. The number of hydrogen-bond acceptors (Lipinski definition) is 0. The van der Waals surface area contributed by atoms with E-state index in [1.807, 2.05) is 0 Å². The molecule has 0 saturated heterocycles. The van der Waals surface area contributed by atoms with E-state index < -0.39 is 0 Å². The summed E-state index contributed by atoms with van der Waals surface area (Å²) in [4.78, 5) is 0. The molecule has 0 unspecified atom stereocenters. The summed E-state index contributed by atoms with van der Waals surface area (Å²) in [5.41, 5.74) is 0. The van der Waals surface area contributed by atoms with E-state index in [4.69, 9.17) is 0 Å². The maximum atomic E-state index is 3.83. The summed E-state index contributed by atoms with van der Waals surface area (Å²) in [6.07, 6.45) is 14.4. The van der Waals surface area contributed by atoms with E-state index in [9.17, 15) is 0 Å². The van der Waals surface area contributed by atoms with Crippen molar-refractivity contribution in [1.82, 2.24) is 0 Å². The lowest BCUT2D eigenvalue weighted by molar-refractivity contribution is 0.642. The molecule has 72 valence electrons. The van der Waals surface area contributed by atoms with Crippen LogP contribution < -0.4 is 0 Å². The van der Waals surface area contributed by atoms with Gasteiger partial charge in [0.15, 0.2) is 0 Å². The van der Waals surface area contributed by atoms with E-state index in [1.165, 1.54) is 51.4 Å². The lowest BCUT2D eigenvalue weighted by Gasteiger charge is -1.99. The minimum atomic E-state index is 1.11. The van der Waals surface area contributed by atoms with Crippen molar-refractivity contribution in [3.8, 4) is 0 Å². The highest BCUT2D eigenvalue weighted by atomic mass is 14.0. The summed E-state index contributed by atoms with van der Waals surface area (Å²) in [7, 11) is 0. The topological polar surface area (TPSA) is 0 Å². The molecule has 0 bridgehead atoms. The van der Waals surface area contributed by atoms with E-state index in [-0.39, 0.29) is 0 Å². The second-order valence-corrected chi connectivity index (χ2v) is 3.49. The Morgan fingerprint density at radius 2 is 1.58 bits per heavy atom. The van der Waals surface area contributed by atoms with Crippen LogP contribution in [0.1, 0.15) is 64.7 Å². The van der Waals surface area contributed by atoms with Crippen molar-refractivity contribution in [2.75, 3.05) is 0 Å². The first-order valence-corrected chi connectivity index (χ1v) is 5.52. The molecule has 12 heavy (non-hydrogen) atoms. The van der Waals surface area contributed by atoms with E-state index in [0.29, 0.717) is 0 Å². The number of rotatable bonds is 9. The Labute approximate surface area is 78.8 Å². The Morgan fingerprint density at radius 1 is 0.917 bits per heavy atom. The second kappa shape index (κ2) is 11.0. The highest BCUT2D eigenvalue weighted by Crippen LogP contribution is 2.08. The molecule has 0 spiro atoms. The molecule has 0 aromatic carbocycles. The van der Waals surface area contributed by atoms with Crippen LogP contribution in [0, 0.1) is 13.3 Å². The first-order chi connectivity index (χ1) is 5.91. The van der Waals surface area contributed by atoms with Crippen LogP contribution in [0.25, 0.3) is 0 Å². The number of unbranched alkanes of at least 4 members (excludes halogenated alkanes) is 9. The predicted octanol–water partition coefficient (Wildman–Crippen LogP) is 4.56. The zero-order valence-electron chi connectivity index (χ0n) is 8.65. The maximum Gasteiger partial charge on any atom is -0.0386 e. The molecule has 0 aromatic heterocycles. The Hall–Kier alpha value is 0. The molecule has 0 aromatic rings. The Kier molecular flexibility index (Phi) is 11.0. The average molecular weight is 168 g/mol. The van der Waals surface area contributed by atoms with Crippen LogP contribution in [0.15, 0.2) is 0 Å². The third kappa shape index (κ3) is 10.0. The van der Waals surface area contributed by atoms with Gasteiger partial charge in [-0.25, -0.2) is 0 Å². The molecular formula is C12H24. The Morgan fingerprint density at radius 3 is 2.17 bits per heavy atom. The standard InChI is InChI=1S/C12H24/c1-3-5-7-9-11-12-10-8-6-4-2/h12H,1,3-11H2,2H3. The van der Waals surface area contributed by atoms with E-state index in [0.717, 1.165) is 6.42 Å². The van der Waals surface area contributed by atoms with Crippen molar-refractivity contribution < 1.29 is 0 Å². The molecule has 0 aliphatic heterocycles. The minimum Gasteiger partial charge on any atom is -0.0654 e. The Bertz CT molecular complexity index is 56.4. The van der Waals surface area contributed by atoms with Crippen LogP contribution in [0.5, 0.6) is 0 Å². The molecule has 0 nitrogen and oxygen atoms in total. The van der Waals surface area contributed by atoms with Crippen LogP contribution in [-0.4, -0.2) is 0 Å². The fraction of sp³-hybridized carbons (Fsp3) is 0.833. The zero-order valence-corrected chi connectivity index (χ0v) is 8.65. The third-order valence-corrected chi connectivity index (χ3v) is 2.17. The first-order valence-electron chi connectivity index (χ1n) is 5.52. The average Bonchev–Trinajstić information content (AvgIpc) is 2.10. The van der Waals surface area contributed by atoms with Gasteiger partial charge in [0.25, 0.3) is 0 Å².